The molecule has 4 aromatic rings. The third-order valence-corrected chi connectivity index (χ3v) is 6.66. The number of aliphatic hydroxyl groups excluding tert-OH is 1. The molecule has 13 heteroatoms. The predicted molar refractivity (Wildman–Crippen MR) is 139 cm³/mol. The van der Waals surface area contributed by atoms with Crippen LogP contribution in [0.4, 0.5) is 13.2 Å². The van der Waals surface area contributed by atoms with E-state index in [0.29, 0.717) is 24.3 Å². The van der Waals surface area contributed by atoms with Crippen LogP contribution >= 0.6 is 0 Å². The van der Waals surface area contributed by atoms with Gasteiger partial charge in [-0.05, 0) is 61.7 Å². The Morgan fingerprint density at radius 3 is 2.60 bits per heavy atom. The first kappa shape index (κ1) is 27.7. The second kappa shape index (κ2) is 12.1. The van der Waals surface area contributed by atoms with Gasteiger partial charge < -0.3 is 24.6 Å². The first-order valence-corrected chi connectivity index (χ1v) is 13.0. The van der Waals surface area contributed by atoms with E-state index >= 15 is 0 Å². The monoisotopic (exact) mass is 557 g/mol. The number of aliphatic hydroxyl groups is 1. The number of benzene rings is 1. The highest BCUT2D eigenvalue weighted by molar-refractivity contribution is 5.58. The average molecular weight is 558 g/mol. The van der Waals surface area contributed by atoms with Crippen LogP contribution in [0.15, 0.2) is 53.2 Å². The minimum Gasteiger partial charge on any atom is -0.406 e. The highest BCUT2D eigenvalue weighted by Crippen LogP contribution is 2.27. The Labute approximate surface area is 228 Å². The molecule has 5 rings (SSSR count). The molecule has 3 aromatic heterocycles. The number of ether oxygens (including phenoxy) is 1. The van der Waals surface area contributed by atoms with Crippen molar-refractivity contribution in [3.8, 4) is 28.7 Å². The topological polar surface area (TPSA) is 114 Å². The van der Waals surface area contributed by atoms with Crippen molar-refractivity contribution in [1.82, 2.24) is 35.1 Å². The summed E-state index contributed by atoms with van der Waals surface area (Å²) in [6, 6.07) is 11.1. The summed E-state index contributed by atoms with van der Waals surface area (Å²) in [4.78, 5) is 11.3. The zero-order valence-electron chi connectivity index (χ0n) is 21.9. The van der Waals surface area contributed by atoms with E-state index in [1.807, 2.05) is 36.0 Å². The third-order valence-electron chi connectivity index (χ3n) is 6.66. The molecule has 0 radical (unpaired) electrons. The molecule has 0 saturated carbocycles. The molecule has 1 aliphatic rings. The second-order valence-corrected chi connectivity index (χ2v) is 9.73. The quantitative estimate of drug-likeness (QED) is 0.281. The van der Waals surface area contributed by atoms with Crippen LogP contribution in [0.25, 0.3) is 23.0 Å². The molecule has 0 amide bonds. The predicted octanol–water partition coefficient (Wildman–Crippen LogP) is 3.80. The van der Waals surface area contributed by atoms with E-state index in [-0.39, 0.29) is 23.6 Å². The highest BCUT2D eigenvalue weighted by atomic mass is 19.4. The molecule has 1 saturated heterocycles. The van der Waals surface area contributed by atoms with Gasteiger partial charge in [0.25, 0.3) is 5.89 Å². The molecule has 0 bridgehead atoms. The molecule has 1 aromatic carbocycles. The fraction of sp³-hybridized carbons (Fsp3) is 0.407. The van der Waals surface area contributed by atoms with Gasteiger partial charge in [-0.2, -0.15) is 10.1 Å². The van der Waals surface area contributed by atoms with Gasteiger partial charge in [0.2, 0.25) is 5.82 Å². The van der Waals surface area contributed by atoms with Gasteiger partial charge in [0.15, 0.2) is 5.69 Å². The number of hydrogen-bond donors (Lipinski definition) is 2. The van der Waals surface area contributed by atoms with E-state index in [1.165, 1.54) is 24.3 Å². The van der Waals surface area contributed by atoms with E-state index in [2.05, 4.69) is 35.2 Å². The number of nitrogens with one attached hydrogen (secondary N) is 1. The average Bonchev–Trinajstić information content (AvgIpc) is 3.55. The van der Waals surface area contributed by atoms with Gasteiger partial charge in [-0.15, -0.1) is 13.2 Å². The molecule has 10 nitrogen and oxygen atoms in total. The van der Waals surface area contributed by atoms with Crippen molar-refractivity contribution in [2.45, 2.75) is 45.3 Å². The normalized spacial score (nSPS) is 15.0. The standard InChI is InChI=1S/C27H30F3N7O3/c1-18-14-24(26-33-25(35-40-26)20-3-6-23(7-4-20)39-27(28,29)30)34-37(18)17-19-2-5-21(32-15-19)16-31-10-13-36-11-8-22(38)9-12-36/h2-7,14-15,22,31,38H,8-13,16-17H2,1H3. The molecule has 1 fully saturated rings. The van der Waals surface area contributed by atoms with Gasteiger partial charge in [-0.25, -0.2) is 0 Å². The van der Waals surface area contributed by atoms with Crippen LogP contribution in [-0.4, -0.2) is 73.6 Å². The summed E-state index contributed by atoms with van der Waals surface area (Å²) in [5, 5.41) is 21.6. The summed E-state index contributed by atoms with van der Waals surface area (Å²) in [6.45, 7) is 6.81. The fourth-order valence-corrected chi connectivity index (χ4v) is 4.45. The summed E-state index contributed by atoms with van der Waals surface area (Å²) in [6.07, 6.45) is -1.39. The molecule has 212 valence electrons. The van der Waals surface area contributed by atoms with Crippen molar-refractivity contribution < 1.29 is 27.5 Å². The molecule has 0 spiro atoms. The summed E-state index contributed by atoms with van der Waals surface area (Å²) in [5.74, 6) is 0.0971. The molecule has 0 aliphatic carbocycles. The molecular formula is C27H30F3N7O3. The van der Waals surface area contributed by atoms with Crippen molar-refractivity contribution in [2.24, 2.45) is 0 Å². The van der Waals surface area contributed by atoms with Crippen molar-refractivity contribution >= 4 is 0 Å². The number of likely N-dealkylation sites (tertiary alicyclic amines) is 1. The van der Waals surface area contributed by atoms with Crippen LogP contribution < -0.4 is 10.1 Å². The van der Waals surface area contributed by atoms with Crippen LogP contribution in [0, 0.1) is 6.92 Å². The first-order chi connectivity index (χ1) is 19.2. The van der Waals surface area contributed by atoms with Crippen LogP contribution in [0.5, 0.6) is 5.75 Å². The van der Waals surface area contributed by atoms with E-state index in [0.717, 1.165) is 56.0 Å². The number of halogens is 3. The van der Waals surface area contributed by atoms with Gasteiger partial charge in [0, 0.05) is 50.2 Å². The Bertz CT molecular complexity index is 1380. The minimum atomic E-state index is -4.76. The SMILES string of the molecule is Cc1cc(-c2nc(-c3ccc(OC(F)(F)F)cc3)no2)nn1Cc1ccc(CNCCN2CCC(O)CC2)nc1. The highest BCUT2D eigenvalue weighted by Gasteiger charge is 2.31. The van der Waals surface area contributed by atoms with Crippen molar-refractivity contribution in [3.63, 3.8) is 0 Å². The number of alkyl halides is 3. The smallest absolute Gasteiger partial charge is 0.406 e. The number of nitrogens with zero attached hydrogens (tertiary/aromatic N) is 6. The van der Waals surface area contributed by atoms with E-state index in [1.54, 1.807) is 0 Å². The Hall–Kier alpha value is -3.81. The lowest BCUT2D eigenvalue weighted by atomic mass is 10.1. The van der Waals surface area contributed by atoms with Crippen molar-refractivity contribution in [2.75, 3.05) is 26.2 Å². The molecule has 2 N–H and O–H groups in total. The largest absolute Gasteiger partial charge is 0.573 e. The van der Waals surface area contributed by atoms with Crippen LogP contribution in [0.3, 0.4) is 0 Å². The lowest BCUT2D eigenvalue weighted by molar-refractivity contribution is -0.274. The summed E-state index contributed by atoms with van der Waals surface area (Å²) in [5.41, 5.74) is 3.80. The lowest BCUT2D eigenvalue weighted by Crippen LogP contribution is -2.39. The number of rotatable bonds is 10. The Morgan fingerprint density at radius 1 is 1.12 bits per heavy atom. The summed E-state index contributed by atoms with van der Waals surface area (Å²) >= 11 is 0. The van der Waals surface area contributed by atoms with E-state index < -0.39 is 6.36 Å². The number of aromatic nitrogens is 5. The van der Waals surface area contributed by atoms with Crippen LogP contribution in [0.2, 0.25) is 0 Å². The second-order valence-electron chi connectivity index (χ2n) is 9.73. The Balaban J connectivity index is 1.14. The van der Waals surface area contributed by atoms with Gasteiger partial charge >= 0.3 is 6.36 Å². The molecule has 0 atom stereocenters. The molecular weight excluding hydrogens is 527 g/mol. The van der Waals surface area contributed by atoms with Crippen molar-refractivity contribution in [3.05, 3.63) is 65.6 Å². The minimum absolute atomic E-state index is 0.153. The van der Waals surface area contributed by atoms with Gasteiger partial charge in [0.05, 0.1) is 18.3 Å². The van der Waals surface area contributed by atoms with Gasteiger partial charge in [-0.1, -0.05) is 11.2 Å². The zero-order valence-corrected chi connectivity index (χ0v) is 21.9. The maximum Gasteiger partial charge on any atom is 0.573 e. The molecule has 1 aliphatic heterocycles. The van der Waals surface area contributed by atoms with Crippen LogP contribution in [-0.2, 0) is 13.1 Å². The summed E-state index contributed by atoms with van der Waals surface area (Å²) < 4.78 is 48.2. The van der Waals surface area contributed by atoms with Gasteiger partial charge in [-0.3, -0.25) is 9.67 Å². The Kier molecular flexibility index (Phi) is 8.43. The van der Waals surface area contributed by atoms with Gasteiger partial charge in [0.1, 0.15) is 5.75 Å². The molecule has 4 heterocycles. The molecule has 0 unspecified atom stereocenters. The number of aryl methyl sites for hydroxylation is 1. The maximum atomic E-state index is 12.4. The van der Waals surface area contributed by atoms with E-state index in [9.17, 15) is 18.3 Å². The van der Waals surface area contributed by atoms with Crippen LogP contribution in [0.1, 0.15) is 29.8 Å². The first-order valence-electron chi connectivity index (χ1n) is 13.0. The number of piperidine rings is 1. The van der Waals surface area contributed by atoms with E-state index in [4.69, 9.17) is 4.52 Å². The Morgan fingerprint density at radius 2 is 1.90 bits per heavy atom. The molecule has 40 heavy (non-hydrogen) atoms. The zero-order chi connectivity index (χ0) is 28.1. The summed E-state index contributed by atoms with van der Waals surface area (Å²) in [7, 11) is 0. The lowest BCUT2D eigenvalue weighted by Gasteiger charge is -2.29. The number of hydrogen-bond acceptors (Lipinski definition) is 9. The van der Waals surface area contributed by atoms with Crippen molar-refractivity contribution in [1.29, 1.82) is 0 Å². The third kappa shape index (κ3) is 7.43. The maximum absolute atomic E-state index is 12.4. The fourth-order valence-electron chi connectivity index (χ4n) is 4.45. The number of pyridine rings is 1.